The molecule has 3 aromatic rings. The molecule has 76 heavy (non-hydrogen) atoms. The normalized spacial score (nSPS) is 22.8. The molecule has 2 fully saturated rings. The molecule has 0 saturated carbocycles. The Labute approximate surface area is 445 Å². The van der Waals surface area contributed by atoms with Gasteiger partial charge in [0.2, 0.25) is 13.5 Å². The summed E-state index contributed by atoms with van der Waals surface area (Å²) >= 11 is 0. The number of nitrogens with two attached hydrogens (primary N) is 2. The van der Waals surface area contributed by atoms with Gasteiger partial charge in [-0.25, -0.2) is 38.7 Å². The van der Waals surface area contributed by atoms with Crippen molar-refractivity contribution in [1.29, 1.82) is 0 Å². The number of alkyl carbamates (subject to hydrolysis) is 2. The van der Waals surface area contributed by atoms with Crippen LogP contribution in [0.2, 0.25) is 0 Å². The van der Waals surface area contributed by atoms with Crippen LogP contribution in [-0.4, -0.2) is 163 Å². The average molecular weight is 1150 g/mol. The number of aliphatic hydroxyl groups is 1. The fourth-order valence-electron chi connectivity index (χ4n) is 7.30. The van der Waals surface area contributed by atoms with Crippen LogP contribution >= 0.6 is 37.0 Å². The van der Waals surface area contributed by atoms with Crippen molar-refractivity contribution in [3.8, 4) is 0 Å². The predicted molar refractivity (Wildman–Crippen MR) is 279 cm³/mol. The van der Waals surface area contributed by atoms with Gasteiger partial charge < -0.3 is 79.9 Å². The van der Waals surface area contributed by atoms with Gasteiger partial charge in [0.25, 0.3) is 0 Å². The smallest absolute Gasteiger partial charge is 0.455 e. The SMILES string of the molecule is C=P(O)(OC[C@H]1O[C@@H](n2cnc3c(N)ncnc32)[C@H](O)[C@@H]1OC(=O)[C@H](CCCCNC(=O)[C@H](CSSC(C)(C)C)NC(=O)OC(C)(C)C)NC(=O)OC(C)(C)C)O[C@H]1C[C@H](n2ccc(N)nc2=O)O[C@@H]1COP(=O)(O)O. The molecule has 2 aliphatic rings. The minimum absolute atomic E-state index is 0.00504. The van der Waals surface area contributed by atoms with Crippen molar-refractivity contribution in [2.45, 2.75) is 159 Å². The second-order valence-electron chi connectivity index (χ2n) is 20.5. The Morgan fingerprint density at radius 1 is 0.908 bits per heavy atom. The highest BCUT2D eigenvalue weighted by atomic mass is 33.1. The number of carbonyl (C=O) groups is 4. The first kappa shape index (κ1) is 62.2. The molecule has 3 aromatic heterocycles. The molecule has 0 radical (unpaired) electrons. The minimum Gasteiger partial charge on any atom is -0.455 e. The van der Waals surface area contributed by atoms with E-state index in [1.54, 1.807) is 52.3 Å². The van der Waals surface area contributed by atoms with Gasteiger partial charge in [0.1, 0.15) is 65.5 Å². The quantitative estimate of drug-likeness (QED) is 0.0217. The lowest BCUT2D eigenvalue weighted by Crippen LogP contribution is -2.49. The number of phosphoric acid groups is 1. The number of hydrogen-bond donors (Lipinski definition) is 9. The lowest BCUT2D eigenvalue weighted by Gasteiger charge is -2.28. The predicted octanol–water partition coefficient (Wildman–Crippen LogP) is 2.66. The number of esters is 1. The maximum absolute atomic E-state index is 14.3. The molecule has 29 nitrogen and oxygen atoms in total. The number of phosphoric ester groups is 1. The average Bonchev–Trinajstić information content (AvgIpc) is 3.97. The molecule has 426 valence electrons. The number of unbranched alkanes of at least 4 members (excludes halogenated alkanes) is 1. The van der Waals surface area contributed by atoms with Crippen molar-refractivity contribution >= 4 is 90.1 Å². The van der Waals surface area contributed by atoms with Crippen LogP contribution in [-0.2, 0) is 51.4 Å². The van der Waals surface area contributed by atoms with Crippen LogP contribution < -0.4 is 33.1 Å². The molecule has 5 heterocycles. The van der Waals surface area contributed by atoms with Gasteiger partial charge in [0.05, 0.1) is 25.6 Å². The molecule has 10 atom stereocenters. The Bertz CT molecular complexity index is 2660. The van der Waals surface area contributed by atoms with Crippen molar-refractivity contribution in [2.75, 3.05) is 37.0 Å². The first-order chi connectivity index (χ1) is 35.2. The third kappa shape index (κ3) is 19.4. The molecule has 11 N–H and O–H groups in total. The summed E-state index contributed by atoms with van der Waals surface area (Å²) in [7, 11) is -6.41. The van der Waals surface area contributed by atoms with E-state index in [1.807, 2.05) is 20.8 Å². The second-order valence-corrected chi connectivity index (χ2v) is 26.6. The summed E-state index contributed by atoms with van der Waals surface area (Å²) in [5, 5.41) is 19.9. The van der Waals surface area contributed by atoms with Crippen LogP contribution in [0.25, 0.3) is 11.2 Å². The Kier molecular flexibility index (Phi) is 21.2. The highest BCUT2D eigenvalue weighted by Crippen LogP contribution is 2.49. The first-order valence-corrected chi connectivity index (χ1v) is 29.3. The van der Waals surface area contributed by atoms with Crippen LogP contribution in [0.15, 0.2) is 29.7 Å². The van der Waals surface area contributed by atoms with Gasteiger partial charge in [-0.05, 0) is 73.2 Å². The molecular formula is C43H69N11O18P2S2. The number of aliphatic hydroxyl groups excluding tert-OH is 1. The molecule has 0 aromatic carbocycles. The van der Waals surface area contributed by atoms with Gasteiger partial charge in [-0.1, -0.05) is 42.4 Å². The summed E-state index contributed by atoms with van der Waals surface area (Å²) in [4.78, 5) is 113. The Balaban J connectivity index is 1.33. The van der Waals surface area contributed by atoms with Crippen molar-refractivity contribution in [2.24, 2.45) is 0 Å². The van der Waals surface area contributed by atoms with Gasteiger partial charge in [-0.15, -0.1) is 0 Å². The number of rotatable bonds is 23. The fourth-order valence-corrected chi connectivity index (χ4v) is 11.2. The standard InChI is InChI=1S/C43H69N11O18P2S2/c1-41(2,3)70-39(59)50-23(13-11-12-15-46-35(56)24(20-75-76-43(7,8)9)51-40(60)71-42(4,5)6)37(57)69-32-27(68-36(31(32)55)54-22-49-30-33(45)47-21-48-34(30)54)19-65-73(10,61)72-25-17-29(53-16-14-28(44)52-38(53)58)67-26(25)18-66-74(62,63)64/h14,16,21-27,29,31-32,36,55,61H,10-13,15,17-20H2,1-9H3,(H,46,56)(H,50,59)(H,51,60)(H2,44,52,58)(H2,45,47,48)(H2,62,63,64)/t23-,24-,25-,26+,27+,29+,31+,32+,36+,73?/m0/s1. The van der Waals surface area contributed by atoms with E-state index >= 15 is 0 Å². The number of nitrogens with zero attached hydrogens (tertiary/aromatic N) is 6. The molecule has 5 rings (SSSR count). The number of aromatic nitrogens is 6. The number of fused-ring (bicyclic) bond motifs is 1. The molecule has 0 spiro atoms. The summed E-state index contributed by atoms with van der Waals surface area (Å²) in [6.07, 6.45) is -4.15. The summed E-state index contributed by atoms with van der Waals surface area (Å²) < 4.78 is 59.1. The number of anilines is 2. The number of imidazole rings is 1. The number of amides is 3. The van der Waals surface area contributed by atoms with E-state index in [2.05, 4.69) is 46.7 Å². The number of hydrogen-bond acceptors (Lipinski definition) is 24. The van der Waals surface area contributed by atoms with Gasteiger partial charge in [-0.2, -0.15) is 4.98 Å². The van der Waals surface area contributed by atoms with Crippen LogP contribution in [0, 0.1) is 0 Å². The van der Waals surface area contributed by atoms with Crippen molar-refractivity contribution in [3.05, 3.63) is 35.4 Å². The van der Waals surface area contributed by atoms with Gasteiger partial charge in [-0.3, -0.25) is 18.5 Å². The molecular weight excluding hydrogens is 1080 g/mol. The Morgan fingerprint density at radius 2 is 1.55 bits per heavy atom. The second kappa shape index (κ2) is 25.9. The summed E-state index contributed by atoms with van der Waals surface area (Å²) in [5.41, 5.74) is 9.31. The van der Waals surface area contributed by atoms with Crippen LogP contribution in [0.5, 0.6) is 0 Å². The minimum atomic E-state index is -5.06. The molecule has 1 unspecified atom stereocenters. The van der Waals surface area contributed by atoms with E-state index < -0.39 is 125 Å². The molecule has 2 aliphatic heterocycles. The van der Waals surface area contributed by atoms with Gasteiger partial charge >= 0.3 is 31.7 Å². The monoisotopic (exact) mass is 1150 g/mol. The van der Waals surface area contributed by atoms with E-state index in [1.165, 1.54) is 34.0 Å². The van der Waals surface area contributed by atoms with Crippen molar-refractivity contribution in [3.63, 3.8) is 0 Å². The number of nitrogens with one attached hydrogen (secondary N) is 3. The van der Waals surface area contributed by atoms with E-state index in [0.717, 1.165) is 10.9 Å². The maximum Gasteiger partial charge on any atom is 0.469 e. The van der Waals surface area contributed by atoms with E-state index in [-0.39, 0.29) is 65.5 Å². The zero-order chi connectivity index (χ0) is 56.6. The molecule has 3 amide bonds. The van der Waals surface area contributed by atoms with Gasteiger partial charge in [0.15, 0.2) is 23.8 Å². The van der Waals surface area contributed by atoms with Crippen molar-refractivity contribution < 1.29 is 80.8 Å². The topological polar surface area (TPSA) is 407 Å². The summed E-state index contributed by atoms with van der Waals surface area (Å²) in [6.45, 7) is 14.6. The van der Waals surface area contributed by atoms with E-state index in [0.29, 0.717) is 0 Å². The fraction of sp³-hybridized carbons (Fsp3) is 0.674. The zero-order valence-electron chi connectivity index (χ0n) is 43.4. The zero-order valence-corrected chi connectivity index (χ0v) is 46.8. The van der Waals surface area contributed by atoms with E-state index in [4.69, 9.17) is 44.2 Å². The van der Waals surface area contributed by atoms with Crippen LogP contribution in [0.3, 0.4) is 0 Å². The number of carbonyl (C=O) groups excluding carboxylic acids is 4. The maximum atomic E-state index is 14.3. The van der Waals surface area contributed by atoms with Crippen molar-refractivity contribution in [1.82, 2.24) is 45.0 Å². The third-order valence-electron chi connectivity index (χ3n) is 10.5. The lowest BCUT2D eigenvalue weighted by molar-refractivity contribution is -0.159. The highest BCUT2D eigenvalue weighted by molar-refractivity contribution is 8.77. The lowest BCUT2D eigenvalue weighted by atomic mass is 10.1. The largest absolute Gasteiger partial charge is 0.469 e. The first-order valence-electron chi connectivity index (χ1n) is 23.7. The molecule has 0 aliphatic carbocycles. The van der Waals surface area contributed by atoms with Crippen LogP contribution in [0.1, 0.15) is 100 Å². The number of nitrogen functional groups attached to an aromatic ring is 2. The molecule has 0 bridgehead atoms. The van der Waals surface area contributed by atoms with Crippen LogP contribution in [0.4, 0.5) is 21.2 Å². The molecule has 2 saturated heterocycles. The molecule has 33 heteroatoms. The summed E-state index contributed by atoms with van der Waals surface area (Å²) in [5.74, 6) is -1.38. The Morgan fingerprint density at radius 3 is 2.17 bits per heavy atom. The number of ether oxygens (including phenoxy) is 5. The van der Waals surface area contributed by atoms with E-state index in [9.17, 15) is 48.3 Å². The highest BCUT2D eigenvalue weighted by Gasteiger charge is 2.50. The Hall–Kier alpha value is -4.62. The third-order valence-corrected chi connectivity index (χ3v) is 15.4. The van der Waals surface area contributed by atoms with Gasteiger partial charge in [0, 0.05) is 29.7 Å². The summed E-state index contributed by atoms with van der Waals surface area (Å²) in [6, 6.07) is -1.06.